The summed E-state index contributed by atoms with van der Waals surface area (Å²) < 4.78 is 39.7. The molecule has 1 fully saturated rings. The number of nitrogens with one attached hydrogen (secondary N) is 1. The van der Waals surface area contributed by atoms with Gasteiger partial charge in [-0.25, -0.2) is 0 Å². The molecule has 164 valence electrons. The molecule has 0 bridgehead atoms. The molecule has 0 spiro atoms. The van der Waals surface area contributed by atoms with E-state index < -0.39 is 11.7 Å². The molecule has 2 aromatic carbocycles. The van der Waals surface area contributed by atoms with Gasteiger partial charge in [-0.05, 0) is 56.3 Å². The van der Waals surface area contributed by atoms with E-state index in [0.29, 0.717) is 11.4 Å². The molecule has 31 heavy (non-hydrogen) atoms. The molecule has 1 saturated heterocycles. The van der Waals surface area contributed by atoms with Crippen molar-refractivity contribution < 1.29 is 13.2 Å². The van der Waals surface area contributed by atoms with Crippen LogP contribution in [-0.4, -0.2) is 48.3 Å². The SMILES string of the molecule is Cc1c(CNc2nncc3ccc(N4CCCN(C)CC4)cc23)cccc1C(F)(F)F. The molecule has 0 amide bonds. The highest BCUT2D eigenvalue weighted by molar-refractivity contribution is 5.93. The normalized spacial score (nSPS) is 15.8. The Labute approximate surface area is 179 Å². The Kier molecular flexibility index (Phi) is 6.00. The molecule has 2 heterocycles. The fourth-order valence-corrected chi connectivity index (χ4v) is 4.06. The molecular formula is C23H26F3N5. The van der Waals surface area contributed by atoms with Crippen molar-refractivity contribution in [3.63, 3.8) is 0 Å². The first-order chi connectivity index (χ1) is 14.8. The van der Waals surface area contributed by atoms with Crippen LogP contribution in [0.1, 0.15) is 23.1 Å². The summed E-state index contributed by atoms with van der Waals surface area (Å²) in [6.45, 7) is 5.77. The standard InChI is InChI=1S/C23H26F3N5/c1-16-17(5-3-6-21(16)23(24,25)26)14-27-22-20-13-19(8-7-18(20)15-28-29-22)31-10-4-9-30(2)11-12-31/h3,5-8,13,15H,4,9-12,14H2,1-2H3,(H,27,29). The highest BCUT2D eigenvalue weighted by Crippen LogP contribution is 2.33. The topological polar surface area (TPSA) is 44.3 Å². The van der Waals surface area contributed by atoms with E-state index >= 15 is 0 Å². The summed E-state index contributed by atoms with van der Waals surface area (Å²) in [7, 11) is 2.14. The Morgan fingerprint density at radius 1 is 1.06 bits per heavy atom. The summed E-state index contributed by atoms with van der Waals surface area (Å²) in [6.07, 6.45) is -1.56. The number of aromatic nitrogens is 2. The molecule has 1 aliphatic rings. The van der Waals surface area contributed by atoms with Crippen LogP contribution in [0, 0.1) is 6.92 Å². The van der Waals surface area contributed by atoms with Gasteiger partial charge in [-0.15, -0.1) is 5.10 Å². The molecule has 3 aromatic rings. The van der Waals surface area contributed by atoms with Crippen LogP contribution in [0.2, 0.25) is 0 Å². The summed E-state index contributed by atoms with van der Waals surface area (Å²) in [6, 6.07) is 10.5. The zero-order valence-corrected chi connectivity index (χ0v) is 17.7. The third kappa shape index (κ3) is 4.74. The molecule has 8 heteroatoms. The molecule has 1 aromatic heterocycles. The first-order valence-electron chi connectivity index (χ1n) is 10.4. The summed E-state index contributed by atoms with van der Waals surface area (Å²) in [4.78, 5) is 4.70. The maximum atomic E-state index is 13.2. The fraction of sp³-hybridized carbons (Fsp3) is 0.391. The molecule has 5 nitrogen and oxygen atoms in total. The third-order valence-electron chi connectivity index (χ3n) is 5.93. The molecule has 0 atom stereocenters. The molecule has 1 N–H and O–H groups in total. The van der Waals surface area contributed by atoms with Gasteiger partial charge in [0.05, 0.1) is 11.8 Å². The number of hydrogen-bond donors (Lipinski definition) is 1. The van der Waals surface area contributed by atoms with Crippen LogP contribution < -0.4 is 10.2 Å². The maximum Gasteiger partial charge on any atom is 0.416 e. The van der Waals surface area contributed by atoms with Gasteiger partial charge in [0.25, 0.3) is 0 Å². The molecule has 0 radical (unpaired) electrons. The number of halogens is 3. The van der Waals surface area contributed by atoms with Crippen LogP contribution in [0.5, 0.6) is 0 Å². The van der Waals surface area contributed by atoms with Gasteiger partial charge in [-0.2, -0.15) is 18.3 Å². The highest BCUT2D eigenvalue weighted by atomic mass is 19.4. The highest BCUT2D eigenvalue weighted by Gasteiger charge is 2.32. The van der Waals surface area contributed by atoms with E-state index in [1.165, 1.54) is 13.0 Å². The van der Waals surface area contributed by atoms with Crippen LogP contribution >= 0.6 is 0 Å². The molecule has 0 aliphatic carbocycles. The van der Waals surface area contributed by atoms with Crippen LogP contribution in [0.25, 0.3) is 10.8 Å². The Morgan fingerprint density at radius 2 is 1.90 bits per heavy atom. The van der Waals surface area contributed by atoms with E-state index in [1.807, 2.05) is 6.07 Å². The van der Waals surface area contributed by atoms with E-state index in [1.54, 1.807) is 12.3 Å². The van der Waals surface area contributed by atoms with Crippen molar-refractivity contribution in [2.75, 3.05) is 43.4 Å². The van der Waals surface area contributed by atoms with Gasteiger partial charge in [-0.1, -0.05) is 18.2 Å². The van der Waals surface area contributed by atoms with E-state index in [-0.39, 0.29) is 12.1 Å². The Balaban J connectivity index is 1.60. The zero-order chi connectivity index (χ0) is 22.0. The first kappa shape index (κ1) is 21.4. The number of fused-ring (bicyclic) bond motifs is 1. The average molecular weight is 429 g/mol. The van der Waals surface area contributed by atoms with Gasteiger partial charge in [0.15, 0.2) is 5.82 Å². The van der Waals surface area contributed by atoms with Crippen molar-refractivity contribution in [1.29, 1.82) is 0 Å². The number of rotatable bonds is 4. The molecule has 0 saturated carbocycles. The van der Waals surface area contributed by atoms with Crippen molar-refractivity contribution in [1.82, 2.24) is 15.1 Å². The molecule has 4 rings (SSSR count). The van der Waals surface area contributed by atoms with E-state index in [2.05, 4.69) is 44.5 Å². The lowest BCUT2D eigenvalue weighted by Gasteiger charge is -2.23. The van der Waals surface area contributed by atoms with Crippen molar-refractivity contribution >= 4 is 22.3 Å². The number of likely N-dealkylation sites (N-methyl/N-ethyl adjacent to an activating group) is 1. The minimum Gasteiger partial charge on any atom is -0.370 e. The summed E-state index contributed by atoms with van der Waals surface area (Å²) in [5.41, 5.74) is 1.32. The van der Waals surface area contributed by atoms with Crippen molar-refractivity contribution in [2.24, 2.45) is 0 Å². The lowest BCUT2D eigenvalue weighted by molar-refractivity contribution is -0.138. The van der Waals surface area contributed by atoms with Crippen LogP contribution in [0.4, 0.5) is 24.7 Å². The number of benzene rings is 2. The van der Waals surface area contributed by atoms with E-state index in [0.717, 1.165) is 55.1 Å². The summed E-state index contributed by atoms with van der Waals surface area (Å²) >= 11 is 0. The minimum absolute atomic E-state index is 0.227. The Morgan fingerprint density at radius 3 is 2.71 bits per heavy atom. The fourth-order valence-electron chi connectivity index (χ4n) is 4.06. The molecule has 1 aliphatic heterocycles. The predicted molar refractivity (Wildman–Crippen MR) is 117 cm³/mol. The van der Waals surface area contributed by atoms with Gasteiger partial charge in [0, 0.05) is 42.6 Å². The van der Waals surface area contributed by atoms with Crippen molar-refractivity contribution in [3.05, 3.63) is 59.3 Å². The average Bonchev–Trinajstić information content (AvgIpc) is 2.96. The second kappa shape index (κ2) is 8.70. The van der Waals surface area contributed by atoms with Gasteiger partial charge in [0.1, 0.15) is 0 Å². The quantitative estimate of drug-likeness (QED) is 0.651. The number of nitrogens with zero attached hydrogens (tertiary/aromatic N) is 4. The van der Waals surface area contributed by atoms with Crippen molar-refractivity contribution in [2.45, 2.75) is 26.1 Å². The Bertz CT molecular complexity index is 1070. The molecule has 0 unspecified atom stereocenters. The summed E-state index contributed by atoms with van der Waals surface area (Å²) in [5, 5.41) is 13.3. The third-order valence-corrected chi connectivity index (χ3v) is 5.93. The maximum absolute atomic E-state index is 13.2. The predicted octanol–water partition coefficient (Wildman–Crippen LogP) is 4.71. The lowest BCUT2D eigenvalue weighted by atomic mass is 10.0. The van der Waals surface area contributed by atoms with Gasteiger partial charge < -0.3 is 15.1 Å². The van der Waals surface area contributed by atoms with E-state index in [9.17, 15) is 13.2 Å². The van der Waals surface area contributed by atoms with Crippen LogP contribution in [0.3, 0.4) is 0 Å². The number of alkyl halides is 3. The second-order valence-electron chi connectivity index (χ2n) is 8.05. The van der Waals surface area contributed by atoms with Gasteiger partial charge in [-0.3, -0.25) is 0 Å². The van der Waals surface area contributed by atoms with Crippen LogP contribution in [-0.2, 0) is 12.7 Å². The lowest BCUT2D eigenvalue weighted by Crippen LogP contribution is -2.28. The van der Waals surface area contributed by atoms with Crippen LogP contribution in [0.15, 0.2) is 42.6 Å². The largest absolute Gasteiger partial charge is 0.416 e. The van der Waals surface area contributed by atoms with Gasteiger partial charge >= 0.3 is 6.18 Å². The summed E-state index contributed by atoms with van der Waals surface area (Å²) in [5.74, 6) is 0.572. The second-order valence-corrected chi connectivity index (χ2v) is 8.05. The smallest absolute Gasteiger partial charge is 0.370 e. The molecular weight excluding hydrogens is 403 g/mol. The number of hydrogen-bond acceptors (Lipinski definition) is 5. The van der Waals surface area contributed by atoms with Gasteiger partial charge in [0.2, 0.25) is 0 Å². The number of anilines is 2. The van der Waals surface area contributed by atoms with E-state index in [4.69, 9.17) is 0 Å². The Hall–Kier alpha value is -2.87. The van der Waals surface area contributed by atoms with Crippen molar-refractivity contribution in [3.8, 4) is 0 Å². The first-order valence-corrected chi connectivity index (χ1v) is 10.4. The zero-order valence-electron chi connectivity index (χ0n) is 17.7. The monoisotopic (exact) mass is 429 g/mol. The minimum atomic E-state index is -4.37.